The zero-order chi connectivity index (χ0) is 12.3. The summed E-state index contributed by atoms with van der Waals surface area (Å²) in [5.41, 5.74) is 0. The van der Waals surface area contributed by atoms with E-state index in [-0.39, 0.29) is 18.1 Å². The maximum atomic E-state index is 11.9. The molecule has 0 saturated carbocycles. The van der Waals surface area contributed by atoms with Crippen LogP contribution < -0.4 is 10.6 Å². The highest BCUT2D eigenvalue weighted by molar-refractivity contribution is 9.10. The molecule has 1 aliphatic rings. The molecular weight excluding hydrogens is 304 g/mol. The first-order valence-corrected chi connectivity index (χ1v) is 7.13. The normalized spacial score (nSPS) is 23.9. The molecule has 1 fully saturated rings. The largest absolute Gasteiger partial charge is 0.380 e. The lowest BCUT2D eigenvalue weighted by atomic mass is 10.2. The predicted octanol–water partition coefficient (Wildman–Crippen LogP) is 1.50. The van der Waals surface area contributed by atoms with Crippen molar-refractivity contribution in [2.45, 2.75) is 25.1 Å². The maximum Gasteiger partial charge on any atom is 0.237 e. The molecule has 2 rings (SSSR count). The second-order valence-electron chi connectivity index (χ2n) is 4.00. The summed E-state index contributed by atoms with van der Waals surface area (Å²) in [6, 6.07) is 1.90. The summed E-state index contributed by atoms with van der Waals surface area (Å²) in [6.07, 6.45) is 0.901. The highest BCUT2D eigenvalue weighted by atomic mass is 79.9. The second-order valence-corrected chi connectivity index (χ2v) is 5.91. The van der Waals surface area contributed by atoms with Crippen LogP contribution in [0.4, 0.5) is 0 Å². The van der Waals surface area contributed by atoms with Crippen molar-refractivity contribution in [1.82, 2.24) is 10.6 Å². The summed E-state index contributed by atoms with van der Waals surface area (Å²) in [6.45, 7) is 1.34. The minimum atomic E-state index is -0.122. The van der Waals surface area contributed by atoms with Crippen molar-refractivity contribution in [3.8, 4) is 0 Å². The van der Waals surface area contributed by atoms with Gasteiger partial charge in [0.15, 0.2) is 0 Å². The van der Waals surface area contributed by atoms with Gasteiger partial charge in [-0.05, 0) is 28.4 Å². The van der Waals surface area contributed by atoms with Crippen LogP contribution >= 0.6 is 27.3 Å². The van der Waals surface area contributed by atoms with E-state index < -0.39 is 0 Å². The summed E-state index contributed by atoms with van der Waals surface area (Å²) in [7, 11) is 1.68. The van der Waals surface area contributed by atoms with Gasteiger partial charge in [0.2, 0.25) is 5.91 Å². The van der Waals surface area contributed by atoms with E-state index in [9.17, 15) is 4.79 Å². The molecule has 17 heavy (non-hydrogen) atoms. The quantitative estimate of drug-likeness (QED) is 0.884. The summed E-state index contributed by atoms with van der Waals surface area (Å²) in [5.74, 6) is 0.0501. The van der Waals surface area contributed by atoms with Gasteiger partial charge in [0.25, 0.3) is 0 Å². The number of carbonyl (C=O) groups is 1. The molecule has 1 saturated heterocycles. The molecule has 1 aliphatic heterocycles. The number of thiophene rings is 1. The zero-order valence-corrected chi connectivity index (χ0v) is 11.9. The van der Waals surface area contributed by atoms with Gasteiger partial charge in [-0.3, -0.25) is 4.79 Å². The molecule has 0 spiro atoms. The molecule has 0 radical (unpaired) electrons. The summed E-state index contributed by atoms with van der Waals surface area (Å²) in [5, 5.41) is 8.10. The fourth-order valence-electron chi connectivity index (χ4n) is 1.83. The molecular formula is C11H15BrN2O2S. The topological polar surface area (TPSA) is 50.4 Å². The van der Waals surface area contributed by atoms with Crippen molar-refractivity contribution in [2.75, 3.05) is 13.7 Å². The minimum Gasteiger partial charge on any atom is -0.380 e. The fourth-order valence-corrected chi connectivity index (χ4v) is 3.22. The fraction of sp³-hybridized carbons (Fsp3) is 0.545. The highest BCUT2D eigenvalue weighted by Crippen LogP contribution is 2.19. The zero-order valence-electron chi connectivity index (χ0n) is 9.53. The van der Waals surface area contributed by atoms with Crippen LogP contribution in [0.25, 0.3) is 0 Å². The Labute approximate surface area is 113 Å². The Morgan fingerprint density at radius 1 is 1.76 bits per heavy atom. The molecule has 4 nitrogen and oxygen atoms in total. The number of halogens is 1. The molecule has 2 atom stereocenters. The molecule has 2 unspecified atom stereocenters. The lowest BCUT2D eigenvalue weighted by molar-refractivity contribution is -0.123. The van der Waals surface area contributed by atoms with E-state index in [2.05, 4.69) is 26.6 Å². The Bertz CT molecular complexity index is 397. The van der Waals surface area contributed by atoms with Crippen molar-refractivity contribution < 1.29 is 9.53 Å². The monoisotopic (exact) mass is 318 g/mol. The van der Waals surface area contributed by atoms with E-state index in [0.29, 0.717) is 6.54 Å². The van der Waals surface area contributed by atoms with Crippen LogP contribution in [0.3, 0.4) is 0 Å². The average molecular weight is 319 g/mol. The Morgan fingerprint density at radius 3 is 3.18 bits per heavy atom. The third kappa shape index (κ3) is 3.51. The van der Waals surface area contributed by atoms with Gasteiger partial charge >= 0.3 is 0 Å². The summed E-state index contributed by atoms with van der Waals surface area (Å²) < 4.78 is 6.27. The molecule has 94 valence electrons. The van der Waals surface area contributed by atoms with Crippen LogP contribution in [0.5, 0.6) is 0 Å². The van der Waals surface area contributed by atoms with Crippen molar-refractivity contribution in [3.05, 3.63) is 20.8 Å². The van der Waals surface area contributed by atoms with Crippen LogP contribution in [0.1, 0.15) is 11.3 Å². The lowest BCUT2D eigenvalue weighted by Crippen LogP contribution is -2.39. The standard InChI is InChI=1S/C11H15BrN2O2S/c1-16-8-3-10(13-4-8)11(15)14-5-9-2-7(12)6-17-9/h2,6,8,10,13H,3-5H2,1H3,(H,14,15). The molecule has 1 aromatic rings. The second kappa shape index (κ2) is 5.95. The number of methoxy groups -OCH3 is 1. The smallest absolute Gasteiger partial charge is 0.237 e. The number of hydrogen-bond acceptors (Lipinski definition) is 4. The Balaban J connectivity index is 1.78. The van der Waals surface area contributed by atoms with Gasteiger partial charge in [0.05, 0.1) is 18.7 Å². The summed E-state index contributed by atoms with van der Waals surface area (Å²) in [4.78, 5) is 13.0. The first-order valence-electron chi connectivity index (χ1n) is 5.46. The van der Waals surface area contributed by atoms with Gasteiger partial charge in [-0.2, -0.15) is 0 Å². The number of hydrogen-bond donors (Lipinski definition) is 2. The van der Waals surface area contributed by atoms with E-state index >= 15 is 0 Å². The van der Waals surface area contributed by atoms with E-state index in [4.69, 9.17) is 4.74 Å². The Hall–Kier alpha value is -0.430. The molecule has 1 aromatic heterocycles. The third-order valence-electron chi connectivity index (χ3n) is 2.80. The SMILES string of the molecule is COC1CNC(C(=O)NCc2cc(Br)cs2)C1. The number of amides is 1. The van der Waals surface area contributed by atoms with Crippen molar-refractivity contribution >= 4 is 33.2 Å². The Kier molecular flexibility index (Phi) is 4.55. The van der Waals surface area contributed by atoms with Gasteiger partial charge in [0, 0.05) is 28.4 Å². The van der Waals surface area contributed by atoms with Crippen molar-refractivity contribution in [1.29, 1.82) is 0 Å². The molecule has 0 aromatic carbocycles. The number of carbonyl (C=O) groups excluding carboxylic acids is 1. The van der Waals surface area contributed by atoms with Crippen LogP contribution in [0.2, 0.25) is 0 Å². The Morgan fingerprint density at radius 2 is 2.59 bits per heavy atom. The molecule has 1 amide bonds. The molecule has 6 heteroatoms. The van der Waals surface area contributed by atoms with Crippen LogP contribution in [0.15, 0.2) is 15.9 Å². The lowest BCUT2D eigenvalue weighted by Gasteiger charge is -2.10. The van der Waals surface area contributed by atoms with Gasteiger partial charge < -0.3 is 15.4 Å². The summed E-state index contributed by atoms with van der Waals surface area (Å²) >= 11 is 5.02. The van der Waals surface area contributed by atoms with Crippen molar-refractivity contribution in [2.24, 2.45) is 0 Å². The van der Waals surface area contributed by atoms with Gasteiger partial charge in [-0.15, -0.1) is 11.3 Å². The van der Waals surface area contributed by atoms with Gasteiger partial charge in [-0.1, -0.05) is 0 Å². The number of ether oxygens (including phenoxy) is 1. The van der Waals surface area contributed by atoms with Crippen LogP contribution in [-0.2, 0) is 16.1 Å². The van der Waals surface area contributed by atoms with E-state index in [0.717, 1.165) is 22.3 Å². The van der Waals surface area contributed by atoms with Crippen LogP contribution in [0, 0.1) is 0 Å². The number of nitrogens with one attached hydrogen (secondary N) is 2. The average Bonchev–Trinajstić information content (AvgIpc) is 2.94. The van der Waals surface area contributed by atoms with E-state index in [1.807, 2.05) is 11.4 Å². The number of rotatable bonds is 4. The maximum absolute atomic E-state index is 11.9. The van der Waals surface area contributed by atoms with E-state index in [1.165, 1.54) is 0 Å². The molecule has 2 N–H and O–H groups in total. The highest BCUT2D eigenvalue weighted by Gasteiger charge is 2.28. The predicted molar refractivity (Wildman–Crippen MR) is 71.1 cm³/mol. The first kappa shape index (κ1) is 13.0. The van der Waals surface area contributed by atoms with Crippen LogP contribution in [-0.4, -0.2) is 31.7 Å². The third-order valence-corrected chi connectivity index (χ3v) is 4.50. The van der Waals surface area contributed by atoms with Gasteiger partial charge in [-0.25, -0.2) is 0 Å². The van der Waals surface area contributed by atoms with Gasteiger partial charge in [0.1, 0.15) is 0 Å². The molecule has 0 bridgehead atoms. The molecule has 0 aliphatic carbocycles. The first-order chi connectivity index (χ1) is 8.19. The van der Waals surface area contributed by atoms with E-state index in [1.54, 1.807) is 18.4 Å². The van der Waals surface area contributed by atoms with Crippen molar-refractivity contribution in [3.63, 3.8) is 0 Å². The molecule has 2 heterocycles. The minimum absolute atomic E-state index is 0.0501.